The van der Waals surface area contributed by atoms with Gasteiger partial charge in [-0.2, -0.15) is 0 Å². The summed E-state index contributed by atoms with van der Waals surface area (Å²) < 4.78 is 11.1. The third-order valence-corrected chi connectivity index (χ3v) is 3.45. The van der Waals surface area contributed by atoms with E-state index >= 15 is 0 Å². The van der Waals surface area contributed by atoms with E-state index in [1.54, 1.807) is 0 Å². The van der Waals surface area contributed by atoms with Gasteiger partial charge in [-0.05, 0) is 32.0 Å². The summed E-state index contributed by atoms with van der Waals surface area (Å²) in [5, 5.41) is 3.97. The van der Waals surface area contributed by atoms with Gasteiger partial charge in [0.1, 0.15) is 12.4 Å². The Balaban J connectivity index is 1.80. The lowest BCUT2D eigenvalue weighted by Gasteiger charge is -2.26. The van der Waals surface area contributed by atoms with Crippen molar-refractivity contribution >= 4 is 17.3 Å². The number of morpholine rings is 1. The fourth-order valence-corrected chi connectivity index (χ4v) is 2.39. The molecule has 2 rings (SSSR count). The topological polar surface area (TPSA) is 33.7 Å². The Morgan fingerprint density at radius 2 is 2.10 bits per heavy atom. The number of anilines is 1. The van der Waals surface area contributed by atoms with Crippen molar-refractivity contribution in [3.8, 4) is 5.75 Å². The Bertz CT molecular complexity index is 420. The molecule has 0 aromatic heterocycles. The van der Waals surface area contributed by atoms with Gasteiger partial charge in [-0.25, -0.2) is 0 Å². The van der Waals surface area contributed by atoms with Gasteiger partial charge in [-0.1, -0.05) is 11.6 Å². The van der Waals surface area contributed by atoms with E-state index in [-0.39, 0.29) is 0 Å². The molecule has 1 aromatic rings. The summed E-state index contributed by atoms with van der Waals surface area (Å²) in [6, 6.07) is 6.22. The normalized spacial score (nSPS) is 16.4. The fourth-order valence-electron chi connectivity index (χ4n) is 2.15. The summed E-state index contributed by atoms with van der Waals surface area (Å²) in [5.41, 5.74) is 1.02. The van der Waals surface area contributed by atoms with E-state index in [1.807, 2.05) is 18.2 Å². The van der Waals surface area contributed by atoms with Crippen molar-refractivity contribution in [3.05, 3.63) is 23.2 Å². The highest BCUT2D eigenvalue weighted by molar-refractivity contribution is 6.32. The molecular formula is C15H23ClN2O2. The Morgan fingerprint density at radius 3 is 2.75 bits per heavy atom. The first-order valence-electron chi connectivity index (χ1n) is 7.14. The highest BCUT2D eigenvalue weighted by Crippen LogP contribution is 2.27. The van der Waals surface area contributed by atoms with E-state index in [1.165, 1.54) is 0 Å². The number of rotatable bonds is 6. The van der Waals surface area contributed by atoms with Crippen LogP contribution in [-0.4, -0.2) is 50.4 Å². The van der Waals surface area contributed by atoms with Crippen LogP contribution in [0.1, 0.15) is 13.8 Å². The smallest absolute Gasteiger partial charge is 0.138 e. The molecular weight excluding hydrogens is 276 g/mol. The monoisotopic (exact) mass is 298 g/mol. The number of hydrogen-bond acceptors (Lipinski definition) is 4. The number of halogens is 1. The molecule has 112 valence electrons. The molecule has 1 heterocycles. The largest absolute Gasteiger partial charge is 0.491 e. The first-order chi connectivity index (χ1) is 9.65. The van der Waals surface area contributed by atoms with Gasteiger partial charge in [0.05, 0.1) is 18.2 Å². The van der Waals surface area contributed by atoms with E-state index in [0.29, 0.717) is 17.7 Å². The molecule has 0 aliphatic carbocycles. The molecule has 5 heteroatoms. The zero-order valence-electron chi connectivity index (χ0n) is 12.2. The molecule has 1 fully saturated rings. The summed E-state index contributed by atoms with van der Waals surface area (Å²) in [5.74, 6) is 0.745. The molecule has 1 aromatic carbocycles. The van der Waals surface area contributed by atoms with Crippen molar-refractivity contribution in [2.24, 2.45) is 0 Å². The molecule has 0 saturated carbocycles. The molecule has 4 nitrogen and oxygen atoms in total. The predicted octanol–water partition coefficient (Wildman–Crippen LogP) is 2.87. The van der Waals surface area contributed by atoms with E-state index in [4.69, 9.17) is 21.1 Å². The Hall–Kier alpha value is -0.970. The average Bonchev–Trinajstić information content (AvgIpc) is 2.42. The molecule has 20 heavy (non-hydrogen) atoms. The maximum atomic E-state index is 6.24. The molecule has 1 saturated heterocycles. The van der Waals surface area contributed by atoms with E-state index in [9.17, 15) is 0 Å². The summed E-state index contributed by atoms with van der Waals surface area (Å²) in [7, 11) is 0. The van der Waals surface area contributed by atoms with Crippen molar-refractivity contribution in [2.75, 3.05) is 44.8 Å². The lowest BCUT2D eigenvalue weighted by Crippen LogP contribution is -2.38. The van der Waals surface area contributed by atoms with Crippen molar-refractivity contribution in [3.63, 3.8) is 0 Å². The molecule has 0 radical (unpaired) electrons. The quantitative estimate of drug-likeness (QED) is 0.875. The van der Waals surface area contributed by atoms with Crippen LogP contribution < -0.4 is 10.1 Å². The summed E-state index contributed by atoms with van der Waals surface area (Å²) >= 11 is 6.24. The van der Waals surface area contributed by atoms with E-state index in [2.05, 4.69) is 24.1 Å². The maximum Gasteiger partial charge on any atom is 0.138 e. The first-order valence-corrected chi connectivity index (χ1v) is 7.52. The van der Waals surface area contributed by atoms with Gasteiger partial charge in [0.15, 0.2) is 0 Å². The van der Waals surface area contributed by atoms with Gasteiger partial charge in [0, 0.05) is 31.4 Å². The van der Waals surface area contributed by atoms with Gasteiger partial charge in [0.2, 0.25) is 0 Å². The minimum atomic E-state index is 0.388. The predicted molar refractivity (Wildman–Crippen MR) is 83.0 cm³/mol. The molecule has 0 amide bonds. The standard InChI is InChI=1S/C15H23ClN2O2/c1-12(2)17-13-3-4-15(14(16)11-13)20-10-7-18-5-8-19-9-6-18/h3-4,11-12,17H,5-10H2,1-2H3. The van der Waals surface area contributed by atoms with Crippen LogP contribution in [0.5, 0.6) is 5.75 Å². The fraction of sp³-hybridized carbons (Fsp3) is 0.600. The van der Waals surface area contributed by atoms with Crippen LogP contribution in [0.3, 0.4) is 0 Å². The average molecular weight is 299 g/mol. The highest BCUT2D eigenvalue weighted by atomic mass is 35.5. The van der Waals surface area contributed by atoms with Crippen LogP contribution in [0, 0.1) is 0 Å². The minimum absolute atomic E-state index is 0.388. The number of nitrogens with zero attached hydrogens (tertiary/aromatic N) is 1. The van der Waals surface area contributed by atoms with Crippen molar-refractivity contribution in [2.45, 2.75) is 19.9 Å². The van der Waals surface area contributed by atoms with Gasteiger partial charge in [-0.3, -0.25) is 4.90 Å². The van der Waals surface area contributed by atoms with E-state index < -0.39 is 0 Å². The molecule has 1 aliphatic heterocycles. The Morgan fingerprint density at radius 1 is 1.35 bits per heavy atom. The van der Waals surface area contributed by atoms with Gasteiger partial charge < -0.3 is 14.8 Å². The minimum Gasteiger partial charge on any atom is -0.491 e. The maximum absolute atomic E-state index is 6.24. The number of nitrogens with one attached hydrogen (secondary N) is 1. The lowest BCUT2D eigenvalue weighted by molar-refractivity contribution is 0.0322. The van der Waals surface area contributed by atoms with E-state index in [0.717, 1.165) is 44.3 Å². The second kappa shape index (κ2) is 7.72. The van der Waals surface area contributed by atoms with Gasteiger partial charge >= 0.3 is 0 Å². The van der Waals surface area contributed by atoms with Gasteiger partial charge in [-0.15, -0.1) is 0 Å². The summed E-state index contributed by atoms with van der Waals surface area (Å²) in [4.78, 5) is 2.34. The zero-order chi connectivity index (χ0) is 14.4. The summed E-state index contributed by atoms with van der Waals surface area (Å²) in [6.45, 7) is 9.35. The third kappa shape index (κ3) is 4.85. The van der Waals surface area contributed by atoms with Crippen LogP contribution in [0.4, 0.5) is 5.69 Å². The van der Waals surface area contributed by atoms with Crippen LogP contribution >= 0.6 is 11.6 Å². The van der Waals surface area contributed by atoms with Crippen LogP contribution in [0.25, 0.3) is 0 Å². The first kappa shape index (κ1) is 15.4. The lowest BCUT2D eigenvalue weighted by atomic mass is 10.2. The van der Waals surface area contributed by atoms with Crippen LogP contribution in [0.15, 0.2) is 18.2 Å². The second-order valence-corrected chi connectivity index (χ2v) is 5.65. The Labute approximate surface area is 126 Å². The van der Waals surface area contributed by atoms with Crippen LogP contribution in [0.2, 0.25) is 5.02 Å². The van der Waals surface area contributed by atoms with Crippen molar-refractivity contribution in [1.82, 2.24) is 4.90 Å². The van der Waals surface area contributed by atoms with Crippen molar-refractivity contribution in [1.29, 1.82) is 0 Å². The third-order valence-electron chi connectivity index (χ3n) is 3.16. The molecule has 0 bridgehead atoms. The van der Waals surface area contributed by atoms with Gasteiger partial charge in [0.25, 0.3) is 0 Å². The summed E-state index contributed by atoms with van der Waals surface area (Å²) in [6.07, 6.45) is 0. The SMILES string of the molecule is CC(C)Nc1ccc(OCCN2CCOCC2)c(Cl)c1. The number of benzene rings is 1. The molecule has 0 atom stereocenters. The highest BCUT2D eigenvalue weighted by Gasteiger charge is 2.10. The molecule has 1 N–H and O–H groups in total. The van der Waals surface area contributed by atoms with Crippen molar-refractivity contribution < 1.29 is 9.47 Å². The molecule has 1 aliphatic rings. The number of ether oxygens (including phenoxy) is 2. The molecule has 0 spiro atoms. The molecule has 0 unspecified atom stereocenters. The van der Waals surface area contributed by atoms with Crippen LogP contribution in [-0.2, 0) is 4.74 Å². The zero-order valence-corrected chi connectivity index (χ0v) is 12.9. The number of hydrogen-bond donors (Lipinski definition) is 1. The second-order valence-electron chi connectivity index (χ2n) is 5.25. The Kier molecular flexibility index (Phi) is 5.95.